The molecule has 2 aliphatic rings. The second kappa shape index (κ2) is 7.27. The summed E-state index contributed by atoms with van der Waals surface area (Å²) < 4.78 is 12.6. The molecule has 0 saturated heterocycles. The van der Waals surface area contributed by atoms with Crippen LogP contribution in [0.4, 0.5) is 11.4 Å². The summed E-state index contributed by atoms with van der Waals surface area (Å²) in [6.45, 7) is 7.93. The SMILES string of the molecule is CC=Nc1ccc2c(c1)C1(OC(=O)c3ccccc31)c1ccc(N(CC)CC)cc1O2. The van der Waals surface area contributed by atoms with Crippen LogP contribution in [-0.4, -0.2) is 25.3 Å². The number of esters is 1. The Morgan fingerprint density at radius 3 is 2.52 bits per heavy atom. The summed E-state index contributed by atoms with van der Waals surface area (Å²) >= 11 is 0. The van der Waals surface area contributed by atoms with E-state index in [1.807, 2.05) is 61.5 Å². The van der Waals surface area contributed by atoms with Crippen LogP contribution in [0.2, 0.25) is 0 Å². The van der Waals surface area contributed by atoms with Crippen molar-refractivity contribution in [2.75, 3.05) is 18.0 Å². The minimum atomic E-state index is -1.06. The van der Waals surface area contributed by atoms with Crippen molar-refractivity contribution >= 4 is 23.6 Å². The Balaban J connectivity index is 1.80. The van der Waals surface area contributed by atoms with Crippen LogP contribution in [0.3, 0.4) is 0 Å². The average Bonchev–Trinajstić information content (AvgIpc) is 3.09. The number of carbonyl (C=O) groups excluding carboxylic acids is 1. The highest BCUT2D eigenvalue weighted by atomic mass is 16.6. The Morgan fingerprint density at radius 1 is 0.935 bits per heavy atom. The monoisotopic (exact) mass is 412 g/mol. The fourth-order valence-corrected chi connectivity index (χ4v) is 4.66. The number of ether oxygens (including phenoxy) is 2. The van der Waals surface area contributed by atoms with Gasteiger partial charge in [-0.15, -0.1) is 0 Å². The molecule has 3 aromatic carbocycles. The summed E-state index contributed by atoms with van der Waals surface area (Å²) in [4.78, 5) is 19.6. The normalized spacial score (nSPS) is 18.4. The predicted molar refractivity (Wildman–Crippen MR) is 122 cm³/mol. The van der Waals surface area contributed by atoms with E-state index in [4.69, 9.17) is 9.47 Å². The molecule has 31 heavy (non-hydrogen) atoms. The van der Waals surface area contributed by atoms with Gasteiger partial charge in [0.2, 0.25) is 0 Å². The Labute approximate surface area is 181 Å². The molecule has 0 amide bonds. The highest BCUT2D eigenvalue weighted by molar-refractivity contribution is 5.97. The number of hydrogen-bond donors (Lipinski definition) is 0. The van der Waals surface area contributed by atoms with E-state index in [-0.39, 0.29) is 5.97 Å². The number of nitrogens with zero attached hydrogens (tertiary/aromatic N) is 2. The summed E-state index contributed by atoms with van der Waals surface area (Å²) in [6.07, 6.45) is 1.75. The first-order chi connectivity index (χ1) is 15.1. The number of hydrogen-bond acceptors (Lipinski definition) is 5. The van der Waals surface area contributed by atoms with E-state index in [1.54, 1.807) is 6.21 Å². The molecule has 5 heteroatoms. The van der Waals surface area contributed by atoms with Gasteiger partial charge >= 0.3 is 5.97 Å². The summed E-state index contributed by atoms with van der Waals surface area (Å²) in [5.74, 6) is 1.04. The topological polar surface area (TPSA) is 51.1 Å². The summed E-state index contributed by atoms with van der Waals surface area (Å²) in [7, 11) is 0. The maximum atomic E-state index is 12.9. The molecule has 5 rings (SSSR count). The molecule has 0 N–H and O–H groups in total. The third-order valence-corrected chi connectivity index (χ3v) is 6.09. The molecule has 0 saturated carbocycles. The van der Waals surface area contributed by atoms with Crippen molar-refractivity contribution < 1.29 is 14.3 Å². The molecule has 5 nitrogen and oxygen atoms in total. The van der Waals surface area contributed by atoms with Gasteiger partial charge in [0.15, 0.2) is 5.60 Å². The highest BCUT2D eigenvalue weighted by Gasteiger charge is 2.53. The molecule has 0 radical (unpaired) electrons. The van der Waals surface area contributed by atoms with Crippen molar-refractivity contribution in [1.29, 1.82) is 0 Å². The van der Waals surface area contributed by atoms with E-state index >= 15 is 0 Å². The van der Waals surface area contributed by atoms with Crippen molar-refractivity contribution in [3.8, 4) is 11.5 Å². The van der Waals surface area contributed by atoms with E-state index in [0.29, 0.717) is 17.1 Å². The average molecular weight is 412 g/mol. The predicted octanol–water partition coefficient (Wildman–Crippen LogP) is 5.82. The Kier molecular flexibility index (Phi) is 4.54. The number of benzene rings is 3. The van der Waals surface area contributed by atoms with Crippen LogP contribution >= 0.6 is 0 Å². The zero-order chi connectivity index (χ0) is 21.6. The molecular weight excluding hydrogens is 388 g/mol. The summed E-state index contributed by atoms with van der Waals surface area (Å²) in [6, 6.07) is 19.5. The van der Waals surface area contributed by atoms with Crippen LogP contribution in [-0.2, 0) is 10.3 Å². The van der Waals surface area contributed by atoms with Gasteiger partial charge in [0.1, 0.15) is 11.5 Å². The molecule has 1 atom stereocenters. The van der Waals surface area contributed by atoms with Gasteiger partial charge in [-0.3, -0.25) is 4.99 Å². The van der Waals surface area contributed by atoms with Crippen LogP contribution in [0.25, 0.3) is 0 Å². The minimum Gasteiger partial charge on any atom is -0.456 e. The number of carbonyl (C=O) groups is 1. The van der Waals surface area contributed by atoms with Crippen molar-refractivity contribution in [2.24, 2.45) is 4.99 Å². The second-order valence-corrected chi connectivity index (χ2v) is 7.64. The maximum Gasteiger partial charge on any atom is 0.340 e. The molecule has 1 unspecified atom stereocenters. The smallest absolute Gasteiger partial charge is 0.340 e. The van der Waals surface area contributed by atoms with Crippen molar-refractivity contribution in [3.63, 3.8) is 0 Å². The standard InChI is InChI=1S/C26H24N2O3/c1-4-27-17-11-14-23-22(15-17)26(20-10-8-7-9-19(20)25(29)31-26)21-13-12-18(16-24(21)30-23)28(5-2)6-3/h4,7-16H,5-6H2,1-3H3. The van der Waals surface area contributed by atoms with E-state index < -0.39 is 5.60 Å². The molecule has 0 aliphatic carbocycles. The van der Waals surface area contributed by atoms with E-state index in [2.05, 4.69) is 29.8 Å². The van der Waals surface area contributed by atoms with Crippen molar-refractivity contribution in [1.82, 2.24) is 0 Å². The van der Waals surface area contributed by atoms with E-state index in [1.165, 1.54) is 0 Å². The molecule has 0 fully saturated rings. The van der Waals surface area contributed by atoms with Gasteiger partial charge in [-0.25, -0.2) is 4.79 Å². The Bertz CT molecular complexity index is 1210. The molecule has 3 aromatic rings. The fourth-order valence-electron chi connectivity index (χ4n) is 4.66. The number of fused-ring (bicyclic) bond motifs is 6. The molecule has 156 valence electrons. The lowest BCUT2D eigenvalue weighted by Gasteiger charge is -2.37. The summed E-state index contributed by atoms with van der Waals surface area (Å²) in [5, 5.41) is 0. The third-order valence-electron chi connectivity index (χ3n) is 6.09. The van der Waals surface area contributed by atoms with E-state index in [9.17, 15) is 4.79 Å². The van der Waals surface area contributed by atoms with Gasteiger partial charge in [0.05, 0.1) is 11.3 Å². The van der Waals surface area contributed by atoms with Gasteiger partial charge in [0.25, 0.3) is 0 Å². The lowest BCUT2D eigenvalue weighted by atomic mass is 9.77. The maximum absolute atomic E-state index is 12.9. The zero-order valence-electron chi connectivity index (χ0n) is 17.9. The Hall–Kier alpha value is -3.60. The lowest BCUT2D eigenvalue weighted by molar-refractivity contribution is 0.0224. The molecule has 2 heterocycles. The molecule has 1 spiro atoms. The largest absolute Gasteiger partial charge is 0.456 e. The van der Waals surface area contributed by atoms with Gasteiger partial charge in [-0.05, 0) is 57.2 Å². The molecule has 0 bridgehead atoms. The first-order valence-corrected chi connectivity index (χ1v) is 10.7. The van der Waals surface area contributed by atoms with Crippen LogP contribution in [0.15, 0.2) is 65.7 Å². The third kappa shape index (κ3) is 2.76. The lowest BCUT2D eigenvalue weighted by Crippen LogP contribution is -2.33. The summed E-state index contributed by atoms with van der Waals surface area (Å²) in [5.41, 5.74) is 3.83. The quantitative estimate of drug-likeness (QED) is 0.400. The number of aliphatic imine (C=N–C) groups is 1. The van der Waals surface area contributed by atoms with Crippen LogP contribution in [0.5, 0.6) is 11.5 Å². The first-order valence-electron chi connectivity index (χ1n) is 10.7. The van der Waals surface area contributed by atoms with Gasteiger partial charge in [-0.2, -0.15) is 0 Å². The molecule has 2 aliphatic heterocycles. The second-order valence-electron chi connectivity index (χ2n) is 7.64. The zero-order valence-corrected chi connectivity index (χ0v) is 17.9. The number of rotatable bonds is 4. The van der Waals surface area contributed by atoms with Crippen molar-refractivity contribution in [2.45, 2.75) is 26.4 Å². The van der Waals surface area contributed by atoms with E-state index in [0.717, 1.165) is 41.2 Å². The van der Waals surface area contributed by atoms with Gasteiger partial charge in [0, 0.05) is 47.7 Å². The first kappa shape index (κ1) is 19.4. The van der Waals surface area contributed by atoms with Crippen LogP contribution in [0.1, 0.15) is 47.8 Å². The van der Waals surface area contributed by atoms with Crippen LogP contribution < -0.4 is 9.64 Å². The van der Waals surface area contributed by atoms with Gasteiger partial charge in [-0.1, -0.05) is 18.2 Å². The number of anilines is 1. The van der Waals surface area contributed by atoms with Gasteiger partial charge < -0.3 is 14.4 Å². The molecule has 0 aromatic heterocycles. The minimum absolute atomic E-state index is 0.327. The fraction of sp³-hybridized carbons (Fsp3) is 0.231. The Morgan fingerprint density at radius 2 is 1.74 bits per heavy atom. The molecular formula is C26H24N2O3. The van der Waals surface area contributed by atoms with Crippen molar-refractivity contribution in [3.05, 3.63) is 82.9 Å². The highest BCUT2D eigenvalue weighted by Crippen LogP contribution is 2.57. The van der Waals surface area contributed by atoms with Crippen LogP contribution in [0, 0.1) is 0 Å².